The Kier molecular flexibility index (Phi) is 3.74. The number of carboxylic acid groups (broad SMARTS) is 1. The predicted molar refractivity (Wildman–Crippen MR) is 74.9 cm³/mol. The first-order valence-electron chi connectivity index (χ1n) is 6.87. The fourth-order valence-electron chi connectivity index (χ4n) is 2.44. The van der Waals surface area contributed by atoms with Crippen molar-refractivity contribution in [2.75, 3.05) is 37.6 Å². The molecule has 0 atom stereocenters. The minimum absolute atomic E-state index is 0.155. The Balaban J connectivity index is 1.64. The Labute approximate surface area is 120 Å². The number of benzene rings is 1. The summed E-state index contributed by atoms with van der Waals surface area (Å²) >= 11 is 0. The van der Waals surface area contributed by atoms with Crippen molar-refractivity contribution in [1.29, 1.82) is 0 Å². The zero-order chi connectivity index (χ0) is 14.8. The fourth-order valence-corrected chi connectivity index (χ4v) is 2.44. The minimum atomic E-state index is -0.779. The molecule has 0 amide bonds. The van der Waals surface area contributed by atoms with Crippen LogP contribution in [-0.4, -0.2) is 53.7 Å². The summed E-state index contributed by atoms with van der Waals surface area (Å²) in [5.41, 5.74) is 1.08. The van der Waals surface area contributed by atoms with Crippen molar-refractivity contribution >= 4 is 23.1 Å². The molecular formula is C14H16FN3O3. The van der Waals surface area contributed by atoms with Crippen molar-refractivity contribution in [2.24, 2.45) is 0 Å². The van der Waals surface area contributed by atoms with E-state index in [1.807, 2.05) is 4.90 Å². The van der Waals surface area contributed by atoms with E-state index >= 15 is 0 Å². The maximum Gasteiger partial charge on any atom is 0.304 e. The molecule has 3 rings (SSSR count). The number of rotatable bonds is 4. The van der Waals surface area contributed by atoms with Crippen LogP contribution in [0.4, 0.5) is 10.4 Å². The van der Waals surface area contributed by atoms with E-state index in [1.165, 1.54) is 12.1 Å². The van der Waals surface area contributed by atoms with Gasteiger partial charge in [0, 0.05) is 38.8 Å². The zero-order valence-electron chi connectivity index (χ0n) is 11.5. The van der Waals surface area contributed by atoms with Gasteiger partial charge in [0.1, 0.15) is 11.3 Å². The lowest BCUT2D eigenvalue weighted by molar-refractivity contribution is -0.137. The Morgan fingerprint density at radius 3 is 2.81 bits per heavy atom. The highest BCUT2D eigenvalue weighted by Crippen LogP contribution is 2.23. The molecule has 112 valence electrons. The third kappa shape index (κ3) is 3.13. The number of fused-ring (bicyclic) bond motifs is 1. The molecule has 0 aliphatic carbocycles. The molecule has 1 N–H and O–H groups in total. The topological polar surface area (TPSA) is 69.8 Å². The molecule has 1 fully saturated rings. The van der Waals surface area contributed by atoms with Gasteiger partial charge in [0.15, 0.2) is 5.58 Å². The molecule has 1 saturated heterocycles. The summed E-state index contributed by atoms with van der Waals surface area (Å²) in [4.78, 5) is 19.0. The van der Waals surface area contributed by atoms with Crippen LogP contribution >= 0.6 is 0 Å². The average molecular weight is 293 g/mol. The second-order valence-electron chi connectivity index (χ2n) is 5.08. The lowest BCUT2D eigenvalue weighted by Crippen LogP contribution is -2.47. The highest BCUT2D eigenvalue weighted by molar-refractivity contribution is 5.74. The molecule has 1 aromatic carbocycles. The molecule has 2 heterocycles. The van der Waals surface area contributed by atoms with E-state index in [-0.39, 0.29) is 12.2 Å². The predicted octanol–water partition coefficient (Wildman–Crippen LogP) is 1.56. The van der Waals surface area contributed by atoms with Crippen LogP contribution in [0, 0.1) is 5.82 Å². The normalized spacial score (nSPS) is 16.5. The SMILES string of the molecule is O=C(O)CCN1CCN(c2nc3cc(F)ccc3o2)CC1. The van der Waals surface area contributed by atoms with Crippen molar-refractivity contribution in [3.63, 3.8) is 0 Å². The number of hydrogen-bond acceptors (Lipinski definition) is 5. The van der Waals surface area contributed by atoms with Crippen molar-refractivity contribution < 1.29 is 18.7 Å². The van der Waals surface area contributed by atoms with Crippen molar-refractivity contribution in [3.8, 4) is 0 Å². The molecule has 0 radical (unpaired) electrons. The Morgan fingerprint density at radius 1 is 1.33 bits per heavy atom. The molecule has 2 aromatic rings. The number of carboxylic acids is 1. The molecule has 6 nitrogen and oxygen atoms in total. The first kappa shape index (κ1) is 13.8. The van der Waals surface area contributed by atoms with Gasteiger partial charge in [-0.1, -0.05) is 0 Å². The minimum Gasteiger partial charge on any atom is -0.481 e. The highest BCUT2D eigenvalue weighted by atomic mass is 19.1. The van der Waals surface area contributed by atoms with Gasteiger partial charge in [0.05, 0.1) is 6.42 Å². The van der Waals surface area contributed by atoms with Gasteiger partial charge in [0.25, 0.3) is 6.01 Å². The Hall–Kier alpha value is -2.15. The van der Waals surface area contributed by atoms with Crippen molar-refractivity contribution in [1.82, 2.24) is 9.88 Å². The Morgan fingerprint density at radius 2 is 2.10 bits per heavy atom. The van der Waals surface area contributed by atoms with Gasteiger partial charge in [-0.2, -0.15) is 4.98 Å². The molecule has 1 aliphatic heterocycles. The van der Waals surface area contributed by atoms with E-state index in [0.717, 1.165) is 26.2 Å². The lowest BCUT2D eigenvalue weighted by Gasteiger charge is -2.33. The van der Waals surface area contributed by atoms with Crippen molar-refractivity contribution in [2.45, 2.75) is 6.42 Å². The molecular weight excluding hydrogens is 277 g/mol. The van der Waals surface area contributed by atoms with Crippen LogP contribution in [0.1, 0.15) is 6.42 Å². The number of halogens is 1. The van der Waals surface area contributed by atoms with Crippen molar-refractivity contribution in [3.05, 3.63) is 24.0 Å². The number of anilines is 1. The first-order valence-corrected chi connectivity index (χ1v) is 6.87. The third-order valence-corrected chi connectivity index (χ3v) is 3.62. The number of aliphatic carboxylic acids is 1. The maximum absolute atomic E-state index is 13.1. The van der Waals surface area contributed by atoms with Gasteiger partial charge in [-0.15, -0.1) is 0 Å². The van der Waals surface area contributed by atoms with Gasteiger partial charge < -0.3 is 14.4 Å². The number of oxazole rings is 1. The summed E-state index contributed by atoms with van der Waals surface area (Å²) in [5, 5.41) is 8.68. The van der Waals surface area contributed by atoms with Gasteiger partial charge >= 0.3 is 5.97 Å². The van der Waals surface area contributed by atoms with Gasteiger partial charge in [-0.05, 0) is 12.1 Å². The summed E-state index contributed by atoms with van der Waals surface area (Å²) in [6.45, 7) is 3.52. The van der Waals surface area contributed by atoms with Crippen LogP contribution in [0.15, 0.2) is 22.6 Å². The van der Waals surface area contributed by atoms with Crippen LogP contribution in [0.25, 0.3) is 11.1 Å². The summed E-state index contributed by atoms with van der Waals surface area (Å²) < 4.78 is 18.8. The van der Waals surface area contributed by atoms with Crippen LogP contribution < -0.4 is 4.90 Å². The van der Waals surface area contributed by atoms with E-state index in [1.54, 1.807) is 6.07 Å². The van der Waals surface area contributed by atoms with E-state index in [9.17, 15) is 9.18 Å². The summed E-state index contributed by atoms with van der Waals surface area (Å²) in [7, 11) is 0. The second kappa shape index (κ2) is 5.69. The largest absolute Gasteiger partial charge is 0.481 e. The highest BCUT2D eigenvalue weighted by Gasteiger charge is 2.21. The number of piperazine rings is 1. The van der Waals surface area contributed by atoms with Gasteiger partial charge in [0.2, 0.25) is 0 Å². The Bertz CT molecular complexity index is 650. The average Bonchev–Trinajstić information content (AvgIpc) is 2.88. The van der Waals surface area contributed by atoms with Crippen LogP contribution in [-0.2, 0) is 4.79 Å². The van der Waals surface area contributed by atoms with E-state index in [4.69, 9.17) is 9.52 Å². The van der Waals surface area contributed by atoms with E-state index < -0.39 is 5.97 Å². The van der Waals surface area contributed by atoms with Crippen LogP contribution in [0.2, 0.25) is 0 Å². The standard InChI is InChI=1S/C14H16FN3O3/c15-10-1-2-12-11(9-10)16-14(21-12)18-7-5-17(6-8-18)4-3-13(19)20/h1-2,9H,3-8H2,(H,19,20). The number of aromatic nitrogens is 1. The van der Waals surface area contributed by atoms with E-state index in [0.29, 0.717) is 23.7 Å². The molecule has 0 unspecified atom stereocenters. The molecule has 0 saturated carbocycles. The van der Waals surface area contributed by atoms with Crippen LogP contribution in [0.3, 0.4) is 0 Å². The second-order valence-corrected chi connectivity index (χ2v) is 5.08. The summed E-state index contributed by atoms with van der Waals surface area (Å²) in [6, 6.07) is 4.77. The number of carbonyl (C=O) groups is 1. The van der Waals surface area contributed by atoms with Gasteiger partial charge in [-0.3, -0.25) is 9.69 Å². The first-order chi connectivity index (χ1) is 10.1. The number of nitrogens with zero attached hydrogens (tertiary/aromatic N) is 3. The monoisotopic (exact) mass is 293 g/mol. The smallest absolute Gasteiger partial charge is 0.304 e. The zero-order valence-corrected chi connectivity index (χ0v) is 11.5. The molecule has 1 aromatic heterocycles. The molecule has 0 spiro atoms. The van der Waals surface area contributed by atoms with E-state index in [2.05, 4.69) is 9.88 Å². The summed E-state index contributed by atoms with van der Waals surface area (Å²) in [6.07, 6.45) is 0.155. The van der Waals surface area contributed by atoms with Gasteiger partial charge in [-0.25, -0.2) is 4.39 Å². The third-order valence-electron chi connectivity index (χ3n) is 3.62. The maximum atomic E-state index is 13.1. The molecule has 21 heavy (non-hydrogen) atoms. The molecule has 7 heteroatoms. The molecule has 0 bridgehead atoms. The molecule has 1 aliphatic rings. The van der Waals surface area contributed by atoms with Crippen LogP contribution in [0.5, 0.6) is 0 Å². The fraction of sp³-hybridized carbons (Fsp3) is 0.429. The number of hydrogen-bond donors (Lipinski definition) is 1. The quantitative estimate of drug-likeness (QED) is 0.922. The lowest BCUT2D eigenvalue weighted by atomic mass is 10.3. The summed E-state index contributed by atoms with van der Waals surface area (Å²) in [5.74, 6) is -1.11.